The van der Waals surface area contributed by atoms with Crippen molar-refractivity contribution < 1.29 is 18.0 Å². The van der Waals surface area contributed by atoms with Gasteiger partial charge in [0.15, 0.2) is 0 Å². The Balaban J connectivity index is 2.19. The van der Waals surface area contributed by atoms with Gasteiger partial charge in [-0.1, -0.05) is 0 Å². The Kier molecular flexibility index (Phi) is 5.04. The van der Waals surface area contributed by atoms with Crippen LogP contribution in [0.1, 0.15) is 26.6 Å². The van der Waals surface area contributed by atoms with Gasteiger partial charge in [-0.15, -0.1) is 0 Å². The average Bonchev–Trinajstić information content (AvgIpc) is 2.43. The fraction of sp³-hybridized carbons (Fsp3) is 0.417. The van der Waals surface area contributed by atoms with Crippen LogP contribution in [0.4, 0.5) is 30.9 Å². The molecule has 8 nitrogen and oxygen atoms in total. The fourth-order valence-corrected chi connectivity index (χ4v) is 1.49. The zero-order valence-electron chi connectivity index (χ0n) is 12.8. The van der Waals surface area contributed by atoms with Gasteiger partial charge in [-0.25, -0.2) is 15.4 Å². The zero-order valence-corrected chi connectivity index (χ0v) is 13.6. The van der Waals surface area contributed by atoms with Crippen LogP contribution in [0.5, 0.6) is 0 Å². The van der Waals surface area contributed by atoms with Crippen molar-refractivity contribution in [1.82, 2.24) is 24.9 Å². The number of nitrogens with zero attached hydrogens (tertiary/aromatic N) is 5. The van der Waals surface area contributed by atoms with E-state index in [4.69, 9.17) is 16.4 Å². The molecule has 0 atom stereocenters. The quantitative estimate of drug-likeness (QED) is 0.799. The molecule has 2 aromatic rings. The first-order valence-electron chi connectivity index (χ1n) is 6.56. The number of alkyl halides is 3. The molecule has 0 fully saturated rings. The summed E-state index contributed by atoms with van der Waals surface area (Å²) in [7, 11) is 0. The van der Waals surface area contributed by atoms with Crippen LogP contribution in [-0.4, -0.2) is 30.5 Å². The van der Waals surface area contributed by atoms with Crippen LogP contribution in [0.25, 0.3) is 0 Å². The monoisotopic (exact) mass is 363 g/mol. The second kappa shape index (κ2) is 6.69. The number of nitrogens with one attached hydrogen (secondary N) is 2. The van der Waals surface area contributed by atoms with Crippen LogP contribution in [0.3, 0.4) is 0 Å². The van der Waals surface area contributed by atoms with Crippen LogP contribution >= 0.6 is 11.6 Å². The van der Waals surface area contributed by atoms with E-state index in [1.54, 1.807) is 20.8 Å². The summed E-state index contributed by atoms with van der Waals surface area (Å²) in [6, 6.07) is 1.23. The Hall–Kier alpha value is -2.27. The van der Waals surface area contributed by atoms with Gasteiger partial charge in [0, 0.05) is 6.20 Å². The first-order chi connectivity index (χ1) is 11.0. The molecule has 0 spiro atoms. The van der Waals surface area contributed by atoms with Gasteiger partial charge < -0.3 is 5.32 Å². The number of rotatable bonds is 4. The maximum atomic E-state index is 12.6. The summed E-state index contributed by atoms with van der Waals surface area (Å²) < 4.78 is 37.8. The predicted octanol–water partition coefficient (Wildman–Crippen LogP) is 3.22. The molecule has 0 amide bonds. The van der Waals surface area contributed by atoms with E-state index in [-0.39, 0.29) is 23.0 Å². The van der Waals surface area contributed by atoms with Crippen LogP contribution in [-0.2, 0) is 11.0 Å². The van der Waals surface area contributed by atoms with Crippen LogP contribution in [0.2, 0.25) is 5.28 Å². The lowest BCUT2D eigenvalue weighted by atomic mass is 10.2. The molecule has 0 aliphatic carbocycles. The molecule has 130 valence electrons. The highest BCUT2D eigenvalue weighted by Gasteiger charge is 2.34. The van der Waals surface area contributed by atoms with Gasteiger partial charge in [0.2, 0.25) is 17.1 Å². The normalized spacial score (nSPS) is 12.1. The Bertz CT molecular complexity index is 721. The van der Waals surface area contributed by atoms with Crippen LogP contribution in [0.15, 0.2) is 12.3 Å². The van der Waals surface area contributed by atoms with E-state index in [0.717, 1.165) is 6.20 Å². The molecule has 2 N–H and O–H groups in total. The summed E-state index contributed by atoms with van der Waals surface area (Å²) in [5.41, 5.74) is 1.96. The maximum Gasteiger partial charge on any atom is 0.451 e. The van der Waals surface area contributed by atoms with Gasteiger partial charge in [-0.05, 0) is 38.4 Å². The van der Waals surface area contributed by atoms with Crippen molar-refractivity contribution in [3.8, 4) is 0 Å². The molecule has 12 heteroatoms. The van der Waals surface area contributed by atoms with E-state index in [0.29, 0.717) is 0 Å². The summed E-state index contributed by atoms with van der Waals surface area (Å²) in [5, 5.41) is 2.32. The molecule has 2 heterocycles. The Morgan fingerprint density at radius 1 is 1.04 bits per heavy atom. The first kappa shape index (κ1) is 18.1. The van der Waals surface area contributed by atoms with Crippen LogP contribution in [0, 0.1) is 0 Å². The lowest BCUT2D eigenvalue weighted by Crippen LogP contribution is -2.24. The number of halogens is 4. The van der Waals surface area contributed by atoms with Crippen molar-refractivity contribution in [2.75, 3.05) is 10.8 Å². The Morgan fingerprint density at radius 3 is 2.33 bits per heavy atom. The smallest absolute Gasteiger partial charge is 0.308 e. The van der Waals surface area contributed by atoms with E-state index in [2.05, 4.69) is 35.7 Å². The van der Waals surface area contributed by atoms with Crippen molar-refractivity contribution in [1.29, 1.82) is 0 Å². The van der Waals surface area contributed by atoms with Crippen molar-refractivity contribution >= 4 is 29.3 Å². The highest BCUT2D eigenvalue weighted by molar-refractivity contribution is 6.28. The van der Waals surface area contributed by atoms with Crippen molar-refractivity contribution in [3.05, 3.63) is 23.4 Å². The molecular weight excluding hydrogens is 351 g/mol. The highest BCUT2D eigenvalue weighted by atomic mass is 35.5. The van der Waals surface area contributed by atoms with Gasteiger partial charge in [-0.2, -0.15) is 28.1 Å². The van der Waals surface area contributed by atoms with Crippen molar-refractivity contribution in [2.45, 2.75) is 32.5 Å². The van der Waals surface area contributed by atoms with E-state index in [1.807, 2.05) is 0 Å². The molecule has 2 aromatic heterocycles. The molecule has 0 radical (unpaired) electrons. The van der Waals surface area contributed by atoms with E-state index < -0.39 is 17.6 Å². The number of anilines is 3. The fourth-order valence-electron chi connectivity index (χ4n) is 1.33. The summed E-state index contributed by atoms with van der Waals surface area (Å²) in [5.74, 6) is -1.57. The minimum Gasteiger partial charge on any atom is -0.308 e. The second-order valence-corrected chi connectivity index (χ2v) is 5.79. The van der Waals surface area contributed by atoms with E-state index in [9.17, 15) is 13.2 Å². The third kappa shape index (κ3) is 5.42. The molecule has 0 bridgehead atoms. The van der Waals surface area contributed by atoms with Crippen molar-refractivity contribution in [3.63, 3.8) is 0 Å². The Labute approximate surface area is 139 Å². The standard InChI is InChI=1S/C12H13ClF3N7O/c1-11(2,3)24-23-10-21-8(13)20-9(22-10)19-6-4-5-17-7(18-6)12(14,15)16/h4-5H,1-3H3,(H2,17,18,19,20,21,22,23). The molecule has 0 aliphatic rings. The number of aromatic nitrogens is 5. The molecule has 2 rings (SSSR count). The molecular formula is C12H13ClF3N7O. The van der Waals surface area contributed by atoms with Gasteiger partial charge >= 0.3 is 6.18 Å². The second-order valence-electron chi connectivity index (χ2n) is 5.46. The third-order valence-corrected chi connectivity index (χ3v) is 2.37. The largest absolute Gasteiger partial charge is 0.451 e. The highest BCUT2D eigenvalue weighted by Crippen LogP contribution is 2.26. The predicted molar refractivity (Wildman–Crippen MR) is 79.6 cm³/mol. The topological polar surface area (TPSA) is 97.7 Å². The molecule has 0 saturated carbocycles. The van der Waals surface area contributed by atoms with E-state index >= 15 is 0 Å². The summed E-state index contributed by atoms with van der Waals surface area (Å²) >= 11 is 5.76. The molecule has 0 aromatic carbocycles. The van der Waals surface area contributed by atoms with Gasteiger partial charge in [-0.3, -0.25) is 4.84 Å². The lowest BCUT2D eigenvalue weighted by Gasteiger charge is -2.19. The van der Waals surface area contributed by atoms with E-state index in [1.165, 1.54) is 6.07 Å². The summed E-state index contributed by atoms with van der Waals surface area (Å²) in [4.78, 5) is 23.3. The number of hydrogen-bond acceptors (Lipinski definition) is 8. The minimum absolute atomic E-state index is 0.0162. The van der Waals surface area contributed by atoms with Gasteiger partial charge in [0.1, 0.15) is 5.82 Å². The maximum absolute atomic E-state index is 12.6. The molecule has 0 aliphatic heterocycles. The molecule has 24 heavy (non-hydrogen) atoms. The minimum atomic E-state index is -4.66. The average molecular weight is 364 g/mol. The SMILES string of the molecule is CC(C)(C)ONc1nc(Cl)nc(Nc2ccnc(C(F)(F)F)n2)n1. The number of hydrogen-bond donors (Lipinski definition) is 2. The summed E-state index contributed by atoms with van der Waals surface area (Å²) in [6.45, 7) is 5.38. The lowest BCUT2D eigenvalue weighted by molar-refractivity contribution is -0.144. The third-order valence-electron chi connectivity index (χ3n) is 2.21. The van der Waals surface area contributed by atoms with Crippen molar-refractivity contribution in [2.24, 2.45) is 0 Å². The summed E-state index contributed by atoms with van der Waals surface area (Å²) in [6.07, 6.45) is -3.70. The molecule has 0 unspecified atom stereocenters. The first-order valence-corrected chi connectivity index (χ1v) is 6.93. The van der Waals surface area contributed by atoms with Gasteiger partial charge in [0.05, 0.1) is 5.60 Å². The zero-order chi connectivity index (χ0) is 18.0. The molecule has 0 saturated heterocycles. The Morgan fingerprint density at radius 2 is 1.71 bits per heavy atom. The van der Waals surface area contributed by atoms with Crippen LogP contribution < -0.4 is 10.8 Å². The van der Waals surface area contributed by atoms with Gasteiger partial charge in [0.25, 0.3) is 5.95 Å².